The van der Waals surface area contributed by atoms with Crippen LogP contribution in [0.15, 0.2) is 48.5 Å². The number of nitrogens with one attached hydrogen (secondary N) is 1. The van der Waals surface area contributed by atoms with Gasteiger partial charge in [0.05, 0.1) is 12.5 Å². The average molecular weight is 384 g/mol. The number of likely N-dealkylation sites (tertiary alicyclic amines) is 1. The third kappa shape index (κ3) is 4.50. The SMILES string of the molecule is COc1ccc(CNC(=O)C2(C)CCCN(C(=O)c3cccc(F)c3)C2)cc1. The first kappa shape index (κ1) is 19.9. The minimum atomic E-state index is -0.673. The largest absolute Gasteiger partial charge is 0.497 e. The topological polar surface area (TPSA) is 58.6 Å². The average Bonchev–Trinajstić information content (AvgIpc) is 2.71. The van der Waals surface area contributed by atoms with Crippen LogP contribution < -0.4 is 10.1 Å². The van der Waals surface area contributed by atoms with Crippen molar-refractivity contribution in [1.82, 2.24) is 10.2 Å². The molecule has 3 rings (SSSR count). The number of amides is 2. The summed E-state index contributed by atoms with van der Waals surface area (Å²) in [6.45, 7) is 3.17. The molecule has 0 bridgehead atoms. The Morgan fingerprint density at radius 1 is 1.21 bits per heavy atom. The number of carbonyl (C=O) groups excluding carboxylic acids is 2. The van der Waals surface area contributed by atoms with Gasteiger partial charge < -0.3 is 15.0 Å². The van der Waals surface area contributed by atoms with Crippen LogP contribution in [0.3, 0.4) is 0 Å². The Balaban J connectivity index is 1.63. The molecule has 0 radical (unpaired) electrons. The van der Waals surface area contributed by atoms with Gasteiger partial charge in [-0.1, -0.05) is 18.2 Å². The first-order valence-corrected chi connectivity index (χ1v) is 9.37. The second kappa shape index (κ2) is 8.42. The molecule has 1 atom stereocenters. The number of nitrogens with zero attached hydrogens (tertiary/aromatic N) is 1. The second-order valence-corrected chi connectivity index (χ2v) is 7.43. The zero-order chi connectivity index (χ0) is 20.1. The Kier molecular flexibility index (Phi) is 5.97. The molecule has 1 aliphatic heterocycles. The second-order valence-electron chi connectivity index (χ2n) is 7.43. The fourth-order valence-electron chi connectivity index (χ4n) is 3.54. The fraction of sp³-hybridized carbons (Fsp3) is 0.364. The van der Waals surface area contributed by atoms with E-state index in [1.54, 1.807) is 18.1 Å². The van der Waals surface area contributed by atoms with Gasteiger partial charge in [-0.15, -0.1) is 0 Å². The van der Waals surface area contributed by atoms with Crippen LogP contribution >= 0.6 is 0 Å². The van der Waals surface area contributed by atoms with Gasteiger partial charge in [0.1, 0.15) is 11.6 Å². The van der Waals surface area contributed by atoms with Crippen molar-refractivity contribution < 1.29 is 18.7 Å². The lowest BCUT2D eigenvalue weighted by Gasteiger charge is -2.39. The molecular formula is C22H25FN2O3. The smallest absolute Gasteiger partial charge is 0.253 e. The molecule has 2 aromatic rings. The van der Waals surface area contributed by atoms with Crippen LogP contribution in [-0.2, 0) is 11.3 Å². The van der Waals surface area contributed by atoms with E-state index in [0.29, 0.717) is 31.6 Å². The number of benzene rings is 2. The highest BCUT2D eigenvalue weighted by Gasteiger charge is 2.39. The van der Waals surface area contributed by atoms with Gasteiger partial charge in [0.25, 0.3) is 5.91 Å². The maximum absolute atomic E-state index is 13.4. The molecule has 0 aliphatic carbocycles. The van der Waals surface area contributed by atoms with Crippen LogP contribution in [0.1, 0.15) is 35.7 Å². The maximum atomic E-state index is 13.4. The summed E-state index contributed by atoms with van der Waals surface area (Å²) in [5.41, 5.74) is 0.609. The van der Waals surface area contributed by atoms with Gasteiger partial charge in [-0.05, 0) is 55.7 Å². The third-order valence-corrected chi connectivity index (χ3v) is 5.22. The van der Waals surface area contributed by atoms with Crippen molar-refractivity contribution in [3.05, 3.63) is 65.5 Å². The molecule has 6 heteroatoms. The standard InChI is InChI=1S/C22H25FN2O3/c1-22(21(27)24-14-16-7-9-19(28-2)10-8-16)11-4-12-25(15-22)20(26)17-5-3-6-18(23)13-17/h3,5-10,13H,4,11-12,14-15H2,1-2H3,(H,24,27). The fourth-order valence-corrected chi connectivity index (χ4v) is 3.54. The molecule has 28 heavy (non-hydrogen) atoms. The molecule has 1 saturated heterocycles. The van der Waals surface area contributed by atoms with Gasteiger partial charge in [0.2, 0.25) is 5.91 Å². The lowest BCUT2D eigenvalue weighted by Crippen LogP contribution is -2.51. The molecule has 2 amide bonds. The number of ether oxygens (including phenoxy) is 1. The Morgan fingerprint density at radius 3 is 2.64 bits per heavy atom. The summed E-state index contributed by atoms with van der Waals surface area (Å²) in [4.78, 5) is 27.2. The molecule has 2 aromatic carbocycles. The Morgan fingerprint density at radius 2 is 1.96 bits per heavy atom. The monoisotopic (exact) mass is 384 g/mol. The van der Waals surface area contributed by atoms with Crippen molar-refractivity contribution >= 4 is 11.8 Å². The van der Waals surface area contributed by atoms with E-state index in [1.807, 2.05) is 31.2 Å². The van der Waals surface area contributed by atoms with Gasteiger partial charge in [-0.3, -0.25) is 9.59 Å². The van der Waals surface area contributed by atoms with Gasteiger partial charge in [0.15, 0.2) is 0 Å². The Hall–Kier alpha value is -2.89. The van der Waals surface area contributed by atoms with E-state index in [9.17, 15) is 14.0 Å². The zero-order valence-corrected chi connectivity index (χ0v) is 16.2. The summed E-state index contributed by atoms with van der Waals surface area (Å²) < 4.78 is 18.6. The molecule has 1 fully saturated rings. The normalized spacial score (nSPS) is 19.2. The number of piperidine rings is 1. The summed E-state index contributed by atoms with van der Waals surface area (Å²) in [7, 11) is 1.61. The minimum absolute atomic E-state index is 0.0833. The number of methoxy groups -OCH3 is 1. The molecule has 1 heterocycles. The number of carbonyl (C=O) groups is 2. The molecule has 1 N–H and O–H groups in total. The van der Waals surface area contributed by atoms with Crippen LogP contribution in [0.4, 0.5) is 4.39 Å². The van der Waals surface area contributed by atoms with Gasteiger partial charge in [-0.2, -0.15) is 0 Å². The highest BCUT2D eigenvalue weighted by Crippen LogP contribution is 2.30. The Bertz CT molecular complexity index is 853. The van der Waals surface area contributed by atoms with Crippen molar-refractivity contribution in [2.75, 3.05) is 20.2 Å². The highest BCUT2D eigenvalue weighted by molar-refractivity contribution is 5.95. The number of rotatable bonds is 5. The van der Waals surface area contributed by atoms with E-state index in [-0.39, 0.29) is 11.8 Å². The first-order chi connectivity index (χ1) is 13.4. The lowest BCUT2D eigenvalue weighted by molar-refractivity contribution is -0.132. The van der Waals surface area contributed by atoms with Crippen molar-refractivity contribution in [2.45, 2.75) is 26.3 Å². The minimum Gasteiger partial charge on any atom is -0.497 e. The van der Waals surface area contributed by atoms with Crippen molar-refractivity contribution in [3.8, 4) is 5.75 Å². The van der Waals surface area contributed by atoms with Crippen molar-refractivity contribution in [3.63, 3.8) is 0 Å². The van der Waals surface area contributed by atoms with E-state index < -0.39 is 11.2 Å². The maximum Gasteiger partial charge on any atom is 0.253 e. The van der Waals surface area contributed by atoms with Gasteiger partial charge in [-0.25, -0.2) is 4.39 Å². The first-order valence-electron chi connectivity index (χ1n) is 9.37. The van der Waals surface area contributed by atoms with Crippen LogP contribution in [0.2, 0.25) is 0 Å². The zero-order valence-electron chi connectivity index (χ0n) is 16.2. The molecule has 1 unspecified atom stereocenters. The highest BCUT2D eigenvalue weighted by atomic mass is 19.1. The van der Waals surface area contributed by atoms with Crippen LogP contribution in [-0.4, -0.2) is 36.9 Å². The molecule has 5 nitrogen and oxygen atoms in total. The Labute approximate surface area is 164 Å². The molecule has 148 valence electrons. The van der Waals surface area contributed by atoms with Gasteiger partial charge >= 0.3 is 0 Å². The lowest BCUT2D eigenvalue weighted by atomic mass is 9.80. The molecule has 0 aromatic heterocycles. The molecule has 0 saturated carbocycles. The van der Waals surface area contributed by atoms with E-state index in [0.717, 1.165) is 17.7 Å². The molecular weight excluding hydrogens is 359 g/mol. The van der Waals surface area contributed by atoms with Crippen LogP contribution in [0.5, 0.6) is 5.75 Å². The predicted molar refractivity (Wildman–Crippen MR) is 104 cm³/mol. The van der Waals surface area contributed by atoms with E-state index in [1.165, 1.54) is 18.2 Å². The van der Waals surface area contributed by atoms with Crippen LogP contribution in [0, 0.1) is 11.2 Å². The quantitative estimate of drug-likeness (QED) is 0.860. The summed E-state index contributed by atoms with van der Waals surface area (Å²) >= 11 is 0. The van der Waals surface area contributed by atoms with Crippen molar-refractivity contribution in [2.24, 2.45) is 5.41 Å². The third-order valence-electron chi connectivity index (χ3n) is 5.22. The summed E-state index contributed by atoms with van der Waals surface area (Å²) in [5.74, 6) is -0.00267. The van der Waals surface area contributed by atoms with Crippen molar-refractivity contribution in [1.29, 1.82) is 0 Å². The van der Waals surface area contributed by atoms with E-state index >= 15 is 0 Å². The van der Waals surface area contributed by atoms with Crippen LogP contribution in [0.25, 0.3) is 0 Å². The number of hydrogen-bond acceptors (Lipinski definition) is 3. The molecule has 1 aliphatic rings. The number of hydrogen-bond donors (Lipinski definition) is 1. The summed E-state index contributed by atoms with van der Waals surface area (Å²) in [5, 5.41) is 2.98. The molecule has 0 spiro atoms. The summed E-state index contributed by atoms with van der Waals surface area (Å²) in [6, 6.07) is 13.2. The predicted octanol–water partition coefficient (Wildman–Crippen LogP) is 3.39. The van der Waals surface area contributed by atoms with E-state index in [2.05, 4.69) is 5.32 Å². The summed E-state index contributed by atoms with van der Waals surface area (Å²) in [6.07, 6.45) is 1.43. The number of halogens is 1. The van der Waals surface area contributed by atoms with Gasteiger partial charge in [0, 0.05) is 25.2 Å². The van der Waals surface area contributed by atoms with E-state index in [4.69, 9.17) is 4.74 Å².